The van der Waals surface area contributed by atoms with Gasteiger partial charge in [0.1, 0.15) is 5.75 Å². The largest absolute Gasteiger partial charge is 0.494 e. The van der Waals surface area contributed by atoms with Gasteiger partial charge in [-0.2, -0.15) is 0 Å². The van der Waals surface area contributed by atoms with E-state index in [9.17, 15) is 4.79 Å². The van der Waals surface area contributed by atoms with E-state index in [1.165, 1.54) is 5.56 Å². The number of nitrogens with two attached hydrogens (primary N) is 1. The lowest BCUT2D eigenvalue weighted by Gasteiger charge is -2.42. The van der Waals surface area contributed by atoms with E-state index in [-0.39, 0.29) is 17.4 Å². The fraction of sp³-hybridized carbons (Fsp3) is 0.632. The summed E-state index contributed by atoms with van der Waals surface area (Å²) in [4.78, 5) is 14.3. The molecule has 1 amide bonds. The Morgan fingerprint density at radius 1 is 1.39 bits per heavy atom. The lowest BCUT2D eigenvalue weighted by Crippen LogP contribution is -2.53. The lowest BCUT2D eigenvalue weighted by atomic mass is 9.79. The highest BCUT2D eigenvalue weighted by molar-refractivity contribution is 5.76. The molecule has 128 valence electrons. The van der Waals surface area contributed by atoms with Crippen LogP contribution in [-0.4, -0.2) is 36.5 Å². The predicted molar refractivity (Wildman–Crippen MR) is 93.5 cm³/mol. The quantitative estimate of drug-likeness (QED) is 0.820. The van der Waals surface area contributed by atoms with Crippen molar-refractivity contribution >= 4 is 5.91 Å². The smallest absolute Gasteiger partial charge is 0.222 e. The molecule has 4 nitrogen and oxygen atoms in total. The first-order chi connectivity index (χ1) is 10.9. The van der Waals surface area contributed by atoms with Gasteiger partial charge in [0, 0.05) is 25.6 Å². The van der Waals surface area contributed by atoms with Crippen LogP contribution in [0.5, 0.6) is 5.75 Å². The van der Waals surface area contributed by atoms with E-state index < -0.39 is 0 Å². The lowest BCUT2D eigenvalue weighted by molar-refractivity contribution is -0.134. The fourth-order valence-electron chi connectivity index (χ4n) is 3.02. The number of hydrogen-bond donors (Lipinski definition) is 1. The highest BCUT2D eigenvalue weighted by Crippen LogP contribution is 2.28. The Hall–Kier alpha value is -1.55. The molecule has 1 unspecified atom stereocenters. The summed E-state index contributed by atoms with van der Waals surface area (Å²) in [7, 11) is 0. The minimum atomic E-state index is 0.0161. The Bertz CT molecular complexity index is 528. The van der Waals surface area contributed by atoms with Gasteiger partial charge < -0.3 is 15.4 Å². The van der Waals surface area contributed by atoms with E-state index >= 15 is 0 Å². The summed E-state index contributed by atoms with van der Waals surface area (Å²) in [6, 6.07) is 8.24. The number of carbonyl (C=O) groups is 1. The number of amides is 1. The van der Waals surface area contributed by atoms with E-state index in [4.69, 9.17) is 10.5 Å². The van der Waals surface area contributed by atoms with Gasteiger partial charge in [-0.15, -0.1) is 0 Å². The molecule has 1 aromatic carbocycles. The average Bonchev–Trinajstić information content (AvgIpc) is 2.49. The van der Waals surface area contributed by atoms with Crippen LogP contribution in [0.4, 0.5) is 0 Å². The van der Waals surface area contributed by atoms with Gasteiger partial charge in [-0.05, 0) is 49.3 Å². The summed E-state index contributed by atoms with van der Waals surface area (Å²) in [5.74, 6) is 1.16. The molecule has 23 heavy (non-hydrogen) atoms. The maximum absolute atomic E-state index is 12.3. The zero-order chi connectivity index (χ0) is 16.9. The van der Waals surface area contributed by atoms with Gasteiger partial charge in [0.05, 0.1) is 6.61 Å². The van der Waals surface area contributed by atoms with Crippen molar-refractivity contribution in [2.24, 2.45) is 11.1 Å². The Balaban J connectivity index is 1.65. The highest BCUT2D eigenvalue weighted by atomic mass is 16.5. The van der Waals surface area contributed by atoms with Crippen LogP contribution >= 0.6 is 0 Å². The first kappa shape index (κ1) is 17.8. The van der Waals surface area contributed by atoms with Crippen molar-refractivity contribution < 1.29 is 9.53 Å². The molecule has 2 N–H and O–H groups in total. The molecule has 4 heteroatoms. The summed E-state index contributed by atoms with van der Waals surface area (Å²) in [6.45, 7) is 8.57. The second-order valence-electron chi connectivity index (χ2n) is 7.32. The maximum Gasteiger partial charge on any atom is 0.222 e. The Labute approximate surface area is 140 Å². The SMILES string of the molecule is Cc1cccc(OCCCCC(=O)N2CCC(N)C(C)(C)C2)c1. The zero-order valence-electron chi connectivity index (χ0n) is 14.7. The van der Waals surface area contributed by atoms with Crippen LogP contribution in [-0.2, 0) is 4.79 Å². The van der Waals surface area contributed by atoms with Crippen molar-refractivity contribution in [3.8, 4) is 5.75 Å². The van der Waals surface area contributed by atoms with Gasteiger partial charge in [-0.25, -0.2) is 0 Å². The summed E-state index contributed by atoms with van der Waals surface area (Å²) in [5.41, 5.74) is 7.34. The highest BCUT2D eigenvalue weighted by Gasteiger charge is 2.34. The number of rotatable bonds is 6. The number of ether oxygens (including phenoxy) is 1. The maximum atomic E-state index is 12.3. The van der Waals surface area contributed by atoms with E-state index in [1.807, 2.05) is 23.1 Å². The molecule has 1 aromatic rings. The molecule has 1 fully saturated rings. The normalized spacial score (nSPS) is 20.3. The van der Waals surface area contributed by atoms with Crippen molar-refractivity contribution in [1.29, 1.82) is 0 Å². The van der Waals surface area contributed by atoms with Gasteiger partial charge >= 0.3 is 0 Å². The van der Waals surface area contributed by atoms with Gasteiger partial charge in [0.25, 0.3) is 0 Å². The minimum absolute atomic E-state index is 0.0161. The number of piperidine rings is 1. The van der Waals surface area contributed by atoms with Gasteiger partial charge in [-0.1, -0.05) is 26.0 Å². The van der Waals surface area contributed by atoms with Gasteiger partial charge in [-0.3, -0.25) is 4.79 Å². The molecule has 1 aliphatic heterocycles. The van der Waals surface area contributed by atoms with Crippen LogP contribution in [0.3, 0.4) is 0 Å². The van der Waals surface area contributed by atoms with Gasteiger partial charge in [0.2, 0.25) is 5.91 Å². The molecule has 0 spiro atoms. The Morgan fingerprint density at radius 2 is 2.17 bits per heavy atom. The minimum Gasteiger partial charge on any atom is -0.494 e. The Kier molecular flexibility index (Phi) is 6.05. The number of likely N-dealkylation sites (tertiary alicyclic amines) is 1. The third kappa shape index (κ3) is 5.24. The third-order valence-corrected chi connectivity index (χ3v) is 4.71. The number of hydrogen-bond acceptors (Lipinski definition) is 3. The van der Waals surface area contributed by atoms with Crippen LogP contribution in [0.1, 0.15) is 45.1 Å². The Morgan fingerprint density at radius 3 is 2.87 bits per heavy atom. The molecule has 2 rings (SSSR count). The summed E-state index contributed by atoms with van der Waals surface area (Å²) < 4.78 is 5.72. The van der Waals surface area contributed by atoms with Crippen molar-refractivity contribution in [2.45, 2.75) is 52.5 Å². The van der Waals surface area contributed by atoms with E-state index in [1.54, 1.807) is 0 Å². The van der Waals surface area contributed by atoms with Crippen LogP contribution in [0.25, 0.3) is 0 Å². The average molecular weight is 318 g/mol. The summed E-state index contributed by atoms with van der Waals surface area (Å²) in [5, 5.41) is 0. The van der Waals surface area contributed by atoms with Crippen LogP contribution in [0.2, 0.25) is 0 Å². The molecule has 0 aromatic heterocycles. The monoisotopic (exact) mass is 318 g/mol. The van der Waals surface area contributed by atoms with Crippen LogP contribution < -0.4 is 10.5 Å². The molecular weight excluding hydrogens is 288 g/mol. The van der Waals surface area contributed by atoms with Gasteiger partial charge in [0.15, 0.2) is 0 Å². The molecule has 0 aliphatic carbocycles. The fourth-order valence-corrected chi connectivity index (χ4v) is 3.02. The molecule has 0 bridgehead atoms. The number of unbranched alkanes of at least 4 members (excludes halogenated alkanes) is 1. The predicted octanol–water partition coefficient (Wildman–Crippen LogP) is 3.13. The van der Waals surface area contributed by atoms with Crippen molar-refractivity contribution in [2.75, 3.05) is 19.7 Å². The van der Waals surface area contributed by atoms with E-state index in [0.29, 0.717) is 13.0 Å². The van der Waals surface area contributed by atoms with E-state index in [2.05, 4.69) is 26.8 Å². The molecule has 1 saturated heterocycles. The van der Waals surface area contributed by atoms with Crippen molar-refractivity contribution in [3.05, 3.63) is 29.8 Å². The molecular formula is C19H30N2O2. The van der Waals surface area contributed by atoms with Crippen LogP contribution in [0, 0.1) is 12.3 Å². The summed E-state index contributed by atoms with van der Waals surface area (Å²) in [6.07, 6.45) is 3.27. The molecule has 0 saturated carbocycles. The zero-order valence-corrected chi connectivity index (χ0v) is 14.7. The first-order valence-corrected chi connectivity index (χ1v) is 8.61. The van der Waals surface area contributed by atoms with Crippen molar-refractivity contribution in [1.82, 2.24) is 4.90 Å². The standard InChI is InChI=1S/C19H30N2O2/c1-15-7-6-8-16(13-15)23-12-5-4-9-18(22)21-11-10-17(20)19(2,3)14-21/h6-8,13,17H,4-5,9-12,14,20H2,1-3H3. The summed E-state index contributed by atoms with van der Waals surface area (Å²) >= 11 is 0. The number of carbonyl (C=O) groups excluding carboxylic acids is 1. The second kappa shape index (κ2) is 7.82. The molecule has 1 aliphatic rings. The van der Waals surface area contributed by atoms with Crippen LogP contribution in [0.15, 0.2) is 24.3 Å². The molecule has 1 atom stereocenters. The van der Waals surface area contributed by atoms with E-state index in [0.717, 1.165) is 38.1 Å². The third-order valence-electron chi connectivity index (χ3n) is 4.71. The first-order valence-electron chi connectivity index (χ1n) is 8.61. The number of benzene rings is 1. The number of nitrogens with zero attached hydrogens (tertiary/aromatic N) is 1. The molecule has 1 heterocycles. The molecule has 0 radical (unpaired) electrons. The van der Waals surface area contributed by atoms with Crippen molar-refractivity contribution in [3.63, 3.8) is 0 Å². The second-order valence-corrected chi connectivity index (χ2v) is 7.32. The number of aryl methyl sites for hydroxylation is 1. The topological polar surface area (TPSA) is 55.6 Å².